The molecule has 5 nitrogen and oxygen atoms in total. The summed E-state index contributed by atoms with van der Waals surface area (Å²) in [5.41, 5.74) is 1.24. The lowest BCUT2D eigenvalue weighted by molar-refractivity contribution is 0.554. The molecular formula is C17H23N3O2S. The molecule has 0 fully saturated rings. The molecule has 0 bridgehead atoms. The van der Waals surface area contributed by atoms with Crippen LogP contribution in [0.25, 0.3) is 0 Å². The Balaban J connectivity index is 2.04. The van der Waals surface area contributed by atoms with E-state index in [0.29, 0.717) is 18.3 Å². The van der Waals surface area contributed by atoms with Crippen molar-refractivity contribution in [2.24, 2.45) is 0 Å². The van der Waals surface area contributed by atoms with E-state index < -0.39 is 14.6 Å². The van der Waals surface area contributed by atoms with Crippen LogP contribution in [-0.4, -0.2) is 29.9 Å². The first-order chi connectivity index (χ1) is 10.7. The number of benzene rings is 1. The molecule has 6 heteroatoms. The van der Waals surface area contributed by atoms with Crippen LogP contribution < -0.4 is 5.32 Å². The highest BCUT2D eigenvalue weighted by molar-refractivity contribution is 7.92. The largest absolute Gasteiger partial charge is 0.368 e. The fourth-order valence-corrected chi connectivity index (χ4v) is 3.05. The van der Waals surface area contributed by atoms with E-state index in [1.807, 2.05) is 18.2 Å². The first kappa shape index (κ1) is 17.4. The Morgan fingerprint density at radius 2 is 1.70 bits per heavy atom. The Labute approximate surface area is 138 Å². The van der Waals surface area contributed by atoms with Crippen LogP contribution in [0.4, 0.5) is 5.82 Å². The molecule has 124 valence electrons. The van der Waals surface area contributed by atoms with E-state index in [1.54, 1.807) is 26.8 Å². The van der Waals surface area contributed by atoms with Gasteiger partial charge in [0.25, 0.3) is 0 Å². The van der Waals surface area contributed by atoms with Gasteiger partial charge in [0.1, 0.15) is 5.82 Å². The second-order valence-corrected chi connectivity index (χ2v) is 9.22. The highest BCUT2D eigenvalue weighted by Crippen LogP contribution is 2.23. The van der Waals surface area contributed by atoms with Crippen LogP contribution in [0.2, 0.25) is 0 Å². The van der Waals surface area contributed by atoms with Gasteiger partial charge < -0.3 is 5.32 Å². The quantitative estimate of drug-likeness (QED) is 0.909. The van der Waals surface area contributed by atoms with E-state index in [1.165, 1.54) is 11.6 Å². The summed E-state index contributed by atoms with van der Waals surface area (Å²) in [7, 11) is -3.47. The molecule has 0 saturated heterocycles. The van der Waals surface area contributed by atoms with Crippen molar-refractivity contribution < 1.29 is 8.42 Å². The molecule has 1 N–H and O–H groups in total. The van der Waals surface area contributed by atoms with Crippen LogP contribution >= 0.6 is 0 Å². The zero-order chi connectivity index (χ0) is 17.1. The number of hydrogen-bond acceptors (Lipinski definition) is 5. The van der Waals surface area contributed by atoms with Crippen LogP contribution in [0.1, 0.15) is 39.2 Å². The summed E-state index contributed by atoms with van der Waals surface area (Å²) in [6.07, 6.45) is 0. The molecule has 0 aliphatic rings. The summed E-state index contributed by atoms with van der Waals surface area (Å²) in [5.74, 6) is 0.886. The average Bonchev–Trinajstić information content (AvgIpc) is 2.53. The Kier molecular flexibility index (Phi) is 5.04. The van der Waals surface area contributed by atoms with E-state index in [4.69, 9.17) is 0 Å². The molecule has 23 heavy (non-hydrogen) atoms. The minimum absolute atomic E-state index is 0.00616. The van der Waals surface area contributed by atoms with E-state index in [9.17, 15) is 8.42 Å². The molecule has 1 aromatic heterocycles. The highest BCUT2D eigenvalue weighted by Gasteiger charge is 2.32. The van der Waals surface area contributed by atoms with Gasteiger partial charge in [-0.15, -0.1) is 10.2 Å². The summed E-state index contributed by atoms with van der Waals surface area (Å²) in [6, 6.07) is 13.3. The van der Waals surface area contributed by atoms with Crippen molar-refractivity contribution in [2.45, 2.75) is 43.4 Å². The summed E-state index contributed by atoms with van der Waals surface area (Å²) in [5, 5.41) is 11.0. The predicted molar refractivity (Wildman–Crippen MR) is 92.3 cm³/mol. The van der Waals surface area contributed by atoms with E-state index in [2.05, 4.69) is 34.6 Å². The number of aromatic nitrogens is 2. The third-order valence-corrected chi connectivity index (χ3v) is 6.06. The van der Waals surface area contributed by atoms with Crippen molar-refractivity contribution in [2.75, 3.05) is 11.9 Å². The topological polar surface area (TPSA) is 72.0 Å². The molecule has 0 aliphatic carbocycles. The van der Waals surface area contributed by atoms with Crippen molar-refractivity contribution >= 4 is 15.7 Å². The Hall–Kier alpha value is -1.95. The van der Waals surface area contributed by atoms with E-state index in [-0.39, 0.29) is 5.03 Å². The minimum Gasteiger partial charge on any atom is -0.368 e. The number of nitrogens with zero attached hydrogens (tertiary/aromatic N) is 2. The molecule has 0 amide bonds. The van der Waals surface area contributed by atoms with Crippen molar-refractivity contribution in [3.8, 4) is 0 Å². The molecule has 2 aromatic rings. The maximum atomic E-state index is 12.3. The third kappa shape index (κ3) is 4.07. The molecule has 1 unspecified atom stereocenters. The second-order valence-electron chi connectivity index (χ2n) is 6.57. The molecule has 0 saturated carbocycles. The van der Waals surface area contributed by atoms with Gasteiger partial charge in [0.2, 0.25) is 9.84 Å². The number of sulfone groups is 1. The number of anilines is 1. The van der Waals surface area contributed by atoms with Crippen molar-refractivity contribution in [3.63, 3.8) is 0 Å². The lowest BCUT2D eigenvalue weighted by Crippen LogP contribution is -2.29. The molecule has 1 aromatic carbocycles. The van der Waals surface area contributed by atoms with Crippen LogP contribution in [0.5, 0.6) is 0 Å². The maximum absolute atomic E-state index is 12.3. The van der Waals surface area contributed by atoms with E-state index >= 15 is 0 Å². The predicted octanol–water partition coefficient (Wildman–Crippen LogP) is 3.26. The van der Waals surface area contributed by atoms with Gasteiger partial charge in [-0.2, -0.15) is 0 Å². The summed E-state index contributed by atoms with van der Waals surface area (Å²) < 4.78 is 23.7. The monoisotopic (exact) mass is 333 g/mol. The standard InChI is InChI=1S/C17H23N3O2S/c1-13(14-8-6-5-7-9-14)12-18-15-10-11-16(20-19-15)23(21,22)17(2,3)4/h5-11,13H,12H2,1-4H3,(H,18,19). The summed E-state index contributed by atoms with van der Waals surface area (Å²) >= 11 is 0. The van der Waals surface area contributed by atoms with Gasteiger partial charge in [0.05, 0.1) is 4.75 Å². The first-order valence-corrected chi connectivity index (χ1v) is 9.07. The molecule has 2 rings (SSSR count). The third-order valence-electron chi connectivity index (χ3n) is 3.68. The molecule has 1 atom stereocenters. The van der Waals surface area contributed by atoms with Gasteiger partial charge in [-0.1, -0.05) is 37.3 Å². The molecule has 1 heterocycles. The van der Waals surface area contributed by atoms with Crippen molar-refractivity contribution in [1.29, 1.82) is 0 Å². The summed E-state index contributed by atoms with van der Waals surface area (Å²) in [4.78, 5) is 0. The molecule has 0 aliphatic heterocycles. The normalized spacial score (nSPS) is 13.6. The smallest absolute Gasteiger partial charge is 0.202 e. The Bertz CT molecular complexity index is 736. The fraction of sp³-hybridized carbons (Fsp3) is 0.412. The minimum atomic E-state index is -3.47. The van der Waals surface area contributed by atoms with Gasteiger partial charge in [0, 0.05) is 6.54 Å². The maximum Gasteiger partial charge on any atom is 0.202 e. The Morgan fingerprint density at radius 3 is 2.22 bits per heavy atom. The Morgan fingerprint density at radius 1 is 1.04 bits per heavy atom. The zero-order valence-corrected chi connectivity index (χ0v) is 14.8. The van der Waals surface area contributed by atoms with Crippen LogP contribution in [0.15, 0.2) is 47.5 Å². The lowest BCUT2D eigenvalue weighted by atomic mass is 10.0. The molecular weight excluding hydrogens is 310 g/mol. The first-order valence-electron chi connectivity index (χ1n) is 7.59. The van der Waals surface area contributed by atoms with E-state index in [0.717, 1.165) is 0 Å². The zero-order valence-electron chi connectivity index (χ0n) is 13.9. The average molecular weight is 333 g/mol. The number of nitrogens with one attached hydrogen (secondary N) is 1. The van der Waals surface area contributed by atoms with Crippen molar-refractivity contribution in [3.05, 3.63) is 48.0 Å². The van der Waals surface area contributed by atoms with Gasteiger partial charge >= 0.3 is 0 Å². The number of rotatable bonds is 5. The highest BCUT2D eigenvalue weighted by atomic mass is 32.2. The van der Waals surface area contributed by atoms with Crippen LogP contribution in [0, 0.1) is 0 Å². The van der Waals surface area contributed by atoms with Crippen molar-refractivity contribution in [1.82, 2.24) is 10.2 Å². The van der Waals surface area contributed by atoms with Gasteiger partial charge in [-0.25, -0.2) is 8.42 Å². The van der Waals surface area contributed by atoms with Gasteiger partial charge in [-0.3, -0.25) is 0 Å². The second kappa shape index (κ2) is 6.66. The molecule has 0 spiro atoms. The summed E-state index contributed by atoms with van der Waals surface area (Å²) in [6.45, 7) is 7.77. The SMILES string of the molecule is CC(CNc1ccc(S(=O)(=O)C(C)(C)C)nn1)c1ccccc1. The van der Waals surface area contributed by atoms with Crippen LogP contribution in [-0.2, 0) is 9.84 Å². The molecule has 0 radical (unpaired) electrons. The van der Waals surface area contributed by atoms with Gasteiger partial charge in [-0.05, 0) is 44.4 Å². The van der Waals surface area contributed by atoms with Crippen LogP contribution in [0.3, 0.4) is 0 Å². The number of hydrogen-bond donors (Lipinski definition) is 1. The van der Waals surface area contributed by atoms with Gasteiger partial charge in [0.15, 0.2) is 5.03 Å². The fourth-order valence-electron chi connectivity index (χ4n) is 2.03. The lowest BCUT2D eigenvalue weighted by Gasteiger charge is -2.18.